The molecule has 2 amide bonds. The molecule has 4 nitrogen and oxygen atoms in total. The highest BCUT2D eigenvalue weighted by atomic mass is 32.2. The van der Waals surface area contributed by atoms with Gasteiger partial charge in [0.05, 0.1) is 32.2 Å². The van der Waals surface area contributed by atoms with Gasteiger partial charge in [-0.3, -0.25) is 14.5 Å². The van der Waals surface area contributed by atoms with Crippen molar-refractivity contribution in [2.24, 2.45) is 0 Å². The third-order valence-electron chi connectivity index (χ3n) is 3.43. The van der Waals surface area contributed by atoms with Gasteiger partial charge >= 0.3 is 5.51 Å². The van der Waals surface area contributed by atoms with Crippen LogP contribution in [0.4, 0.5) is 22.0 Å². The van der Waals surface area contributed by atoms with E-state index in [-0.39, 0.29) is 16.0 Å². The molecule has 0 aliphatic carbocycles. The lowest BCUT2D eigenvalue weighted by Crippen LogP contribution is -2.72. The standard InChI is InChI=1S/C12H4B4F5NO3S/c13-10(14,9(17,18)11(15,16)25-26-12(19,20)21)22-7(23)5-3-1-2-4-6(5)8(22)24/h1-4H. The van der Waals surface area contributed by atoms with E-state index in [1.807, 2.05) is 0 Å². The molecule has 1 aromatic rings. The Morgan fingerprint density at radius 2 is 1.31 bits per heavy atom. The van der Waals surface area contributed by atoms with Crippen LogP contribution in [0.1, 0.15) is 20.7 Å². The minimum absolute atomic E-state index is 0.228. The predicted molar refractivity (Wildman–Crippen MR) is 85.1 cm³/mol. The van der Waals surface area contributed by atoms with Crippen LogP contribution >= 0.6 is 12.0 Å². The zero-order valence-electron chi connectivity index (χ0n) is 12.6. The minimum Gasteiger partial charge on any atom is -0.315 e. The Bertz CT molecular complexity index is 724. The third kappa shape index (κ3) is 3.28. The second-order valence-electron chi connectivity index (χ2n) is 5.30. The molecule has 26 heavy (non-hydrogen) atoms. The molecule has 0 atom stereocenters. The Morgan fingerprint density at radius 1 is 0.885 bits per heavy atom. The van der Waals surface area contributed by atoms with E-state index in [1.165, 1.54) is 12.1 Å². The van der Waals surface area contributed by atoms with Crippen LogP contribution in [0.3, 0.4) is 0 Å². The molecule has 0 saturated heterocycles. The van der Waals surface area contributed by atoms with Crippen molar-refractivity contribution in [2.75, 3.05) is 0 Å². The molecule has 1 aliphatic heterocycles. The lowest BCUT2D eigenvalue weighted by atomic mass is 9.46. The number of hydrogen-bond donors (Lipinski definition) is 0. The maximum Gasteiger partial charge on any atom is 0.467 e. The van der Waals surface area contributed by atoms with Gasteiger partial charge in [0.25, 0.3) is 17.7 Å². The van der Waals surface area contributed by atoms with Crippen LogP contribution in [0.2, 0.25) is 0 Å². The SMILES string of the molecule is [B]C([B])(OSC(F)(F)F)C(F)(F)C([B])([B])N1C(=O)c2ccccc2C1=O. The number of alkyl halides is 5. The van der Waals surface area contributed by atoms with E-state index in [0.717, 1.165) is 12.1 Å². The van der Waals surface area contributed by atoms with Crippen LogP contribution < -0.4 is 0 Å². The molecule has 0 fully saturated rings. The lowest BCUT2D eigenvalue weighted by molar-refractivity contribution is -0.117. The molecule has 2 rings (SSSR count). The number of amides is 2. The summed E-state index contributed by atoms with van der Waals surface area (Å²) in [5.74, 6) is -7.49. The van der Waals surface area contributed by atoms with Crippen LogP contribution in [0.15, 0.2) is 24.3 Å². The van der Waals surface area contributed by atoms with Crippen molar-refractivity contribution in [3.05, 3.63) is 35.4 Å². The molecule has 8 radical (unpaired) electrons. The molecular weight excluding hydrogens is 376 g/mol. The van der Waals surface area contributed by atoms with E-state index < -0.39 is 46.0 Å². The topological polar surface area (TPSA) is 46.6 Å². The average Bonchev–Trinajstić information content (AvgIpc) is 2.77. The van der Waals surface area contributed by atoms with Crippen LogP contribution in [-0.4, -0.2) is 70.3 Å². The summed E-state index contributed by atoms with van der Waals surface area (Å²) in [5, 5.41) is -7.58. The predicted octanol–water partition coefficient (Wildman–Crippen LogP) is 1.08. The number of fused-ring (bicyclic) bond motifs is 1. The van der Waals surface area contributed by atoms with Crippen molar-refractivity contribution < 1.29 is 35.7 Å². The van der Waals surface area contributed by atoms with Gasteiger partial charge in [-0.05, 0) is 12.1 Å². The average molecular weight is 380 g/mol. The van der Waals surface area contributed by atoms with Crippen molar-refractivity contribution in [3.63, 3.8) is 0 Å². The molecule has 0 bridgehead atoms. The van der Waals surface area contributed by atoms with Crippen molar-refractivity contribution in [1.82, 2.24) is 4.90 Å². The van der Waals surface area contributed by atoms with Crippen LogP contribution in [0.25, 0.3) is 0 Å². The summed E-state index contributed by atoms with van der Waals surface area (Å²) in [7, 11) is 20.4. The van der Waals surface area contributed by atoms with Gasteiger partial charge < -0.3 is 4.18 Å². The zero-order valence-corrected chi connectivity index (χ0v) is 13.4. The highest BCUT2D eigenvalue weighted by molar-refractivity contribution is 7.95. The van der Waals surface area contributed by atoms with Gasteiger partial charge in [-0.1, -0.05) is 12.1 Å². The largest absolute Gasteiger partial charge is 0.467 e. The second kappa shape index (κ2) is 6.33. The van der Waals surface area contributed by atoms with Gasteiger partial charge in [-0.25, -0.2) is 8.78 Å². The molecule has 0 unspecified atom stereocenters. The normalized spacial score (nSPS) is 16.1. The Hall–Kier alpha value is -1.42. The van der Waals surface area contributed by atoms with Gasteiger partial charge in [0, 0.05) is 5.34 Å². The molecule has 14 heteroatoms. The summed E-state index contributed by atoms with van der Waals surface area (Å²) in [6, 6.07) is 5.00. The fraction of sp³-hybridized carbons (Fsp3) is 0.333. The molecule has 128 valence electrons. The van der Waals surface area contributed by atoms with Gasteiger partial charge in [0.15, 0.2) is 0 Å². The van der Waals surface area contributed by atoms with Crippen molar-refractivity contribution >= 4 is 55.2 Å². The van der Waals surface area contributed by atoms with E-state index in [2.05, 4.69) is 4.18 Å². The lowest BCUT2D eigenvalue weighted by Gasteiger charge is -2.48. The van der Waals surface area contributed by atoms with Crippen LogP contribution in [0.5, 0.6) is 0 Å². The fourth-order valence-electron chi connectivity index (χ4n) is 2.15. The number of carbonyl (C=O) groups excluding carboxylic acids is 2. The zero-order chi connectivity index (χ0) is 20.1. The highest BCUT2D eigenvalue weighted by Gasteiger charge is 2.63. The third-order valence-corrected chi connectivity index (χ3v) is 3.98. The van der Waals surface area contributed by atoms with Gasteiger partial charge in [0.1, 0.15) is 27.7 Å². The molecule has 0 aromatic heterocycles. The molecule has 1 aromatic carbocycles. The number of carbonyl (C=O) groups is 2. The van der Waals surface area contributed by atoms with Gasteiger partial charge in [-0.15, -0.1) is 0 Å². The molecule has 1 heterocycles. The van der Waals surface area contributed by atoms with Crippen LogP contribution in [0, 0.1) is 0 Å². The van der Waals surface area contributed by atoms with E-state index in [1.54, 1.807) is 0 Å². The van der Waals surface area contributed by atoms with E-state index in [0.29, 0.717) is 0 Å². The first-order valence-corrected chi connectivity index (χ1v) is 7.32. The van der Waals surface area contributed by atoms with Crippen LogP contribution in [-0.2, 0) is 4.18 Å². The summed E-state index contributed by atoms with van der Waals surface area (Å²) in [4.78, 5) is 24.3. The fourth-order valence-corrected chi connectivity index (χ4v) is 2.48. The quantitative estimate of drug-likeness (QED) is 0.332. The Kier molecular flexibility index (Phi) is 5.09. The second-order valence-corrected chi connectivity index (χ2v) is 6.09. The maximum atomic E-state index is 14.6. The Balaban J connectivity index is 2.39. The molecular formula is C12H4B4F5NO3S. The van der Waals surface area contributed by atoms with Crippen molar-refractivity contribution in [2.45, 2.75) is 22.2 Å². The van der Waals surface area contributed by atoms with Crippen molar-refractivity contribution in [3.8, 4) is 0 Å². The van der Waals surface area contributed by atoms with E-state index in [9.17, 15) is 31.5 Å². The maximum absolute atomic E-state index is 14.6. The molecule has 1 aliphatic rings. The van der Waals surface area contributed by atoms with Gasteiger partial charge in [0.2, 0.25) is 0 Å². The number of rotatable bonds is 5. The summed E-state index contributed by atoms with van der Waals surface area (Å²) in [6.45, 7) is 0. The van der Waals surface area contributed by atoms with Gasteiger partial charge in [-0.2, -0.15) is 13.2 Å². The summed E-state index contributed by atoms with van der Waals surface area (Å²) in [5.41, 5.74) is -5.68. The summed E-state index contributed by atoms with van der Waals surface area (Å²) < 4.78 is 69.5. The molecule has 0 spiro atoms. The first-order chi connectivity index (χ1) is 11.6. The summed E-state index contributed by atoms with van der Waals surface area (Å²) >= 11 is -1.41. The first kappa shape index (κ1) is 20.9. The molecule has 0 N–H and O–H groups in total. The van der Waals surface area contributed by atoms with E-state index in [4.69, 9.17) is 31.4 Å². The number of nitrogens with zero attached hydrogens (tertiary/aromatic N) is 1. The number of hydrogen-bond acceptors (Lipinski definition) is 4. The monoisotopic (exact) mass is 381 g/mol. The smallest absolute Gasteiger partial charge is 0.315 e. The number of benzene rings is 1. The van der Waals surface area contributed by atoms with Crippen molar-refractivity contribution in [1.29, 1.82) is 0 Å². The highest BCUT2D eigenvalue weighted by Crippen LogP contribution is 2.44. The Morgan fingerprint density at radius 3 is 1.69 bits per heavy atom. The summed E-state index contributed by atoms with van der Waals surface area (Å²) in [6.07, 6.45) is 0. The van der Waals surface area contributed by atoms with E-state index >= 15 is 0 Å². The molecule has 0 saturated carbocycles. The number of halogens is 5. The Labute approximate surface area is 154 Å². The number of imide groups is 1. The minimum atomic E-state index is -5.12. The first-order valence-electron chi connectivity index (χ1n) is 6.58.